The number of esters is 1. The maximum Gasteiger partial charge on any atom is 0.319 e. The molecule has 130 valence electrons. The molecule has 1 atom stereocenters. The summed E-state index contributed by atoms with van der Waals surface area (Å²) in [5.74, 6) is -0.272. The van der Waals surface area contributed by atoms with Gasteiger partial charge in [0, 0.05) is 18.2 Å². The van der Waals surface area contributed by atoms with E-state index in [1.54, 1.807) is 19.1 Å². The second-order valence-electron chi connectivity index (χ2n) is 5.50. The highest BCUT2D eigenvalue weighted by Crippen LogP contribution is 2.18. The summed E-state index contributed by atoms with van der Waals surface area (Å²) in [5.41, 5.74) is 4.61. The van der Waals surface area contributed by atoms with Crippen LogP contribution in [0.4, 0.5) is 11.4 Å². The quantitative estimate of drug-likeness (QED) is 0.451. The topological polar surface area (TPSA) is 106 Å². The Labute approximate surface area is 140 Å². The van der Waals surface area contributed by atoms with Gasteiger partial charge in [-0.1, -0.05) is 6.42 Å². The number of non-ortho nitro benzene ring substituents is 1. The standard InChI is InChI=1S/C16H22N4O4/c1-2-24-16(21)11-17-14-5-3-4-6-15(14)19-18-12-7-9-13(10-8-12)20(22)23/h7-10,14,17-18H,2-6,11H2,1H3/b19-15+. The SMILES string of the molecule is CCOC(=O)CNC1CCCC/C1=N\Nc1ccc([N+](=O)[O-])cc1. The molecule has 0 spiro atoms. The van der Waals surface area contributed by atoms with E-state index in [2.05, 4.69) is 15.8 Å². The molecule has 1 aliphatic rings. The zero-order valence-electron chi connectivity index (χ0n) is 13.7. The number of nitro groups is 1. The summed E-state index contributed by atoms with van der Waals surface area (Å²) in [6.07, 6.45) is 3.90. The molecule has 0 bridgehead atoms. The van der Waals surface area contributed by atoms with Crippen LogP contribution in [-0.4, -0.2) is 35.8 Å². The van der Waals surface area contributed by atoms with Crippen LogP contribution < -0.4 is 10.7 Å². The Kier molecular flexibility index (Phi) is 6.68. The number of hydrogen-bond acceptors (Lipinski definition) is 7. The van der Waals surface area contributed by atoms with Crippen molar-refractivity contribution in [3.63, 3.8) is 0 Å². The number of nitrogens with one attached hydrogen (secondary N) is 2. The molecule has 1 unspecified atom stereocenters. The van der Waals surface area contributed by atoms with Crippen molar-refractivity contribution >= 4 is 23.1 Å². The second kappa shape index (κ2) is 8.97. The molecule has 2 N–H and O–H groups in total. The normalized spacial score (nSPS) is 19.0. The van der Waals surface area contributed by atoms with Gasteiger partial charge in [0.05, 0.1) is 29.5 Å². The van der Waals surface area contributed by atoms with E-state index in [0.29, 0.717) is 12.3 Å². The number of nitro benzene ring substituents is 1. The van der Waals surface area contributed by atoms with Crippen molar-refractivity contribution in [2.45, 2.75) is 38.6 Å². The van der Waals surface area contributed by atoms with Crippen LogP contribution in [0, 0.1) is 10.1 Å². The Morgan fingerprint density at radius 1 is 1.38 bits per heavy atom. The lowest BCUT2D eigenvalue weighted by Gasteiger charge is -2.24. The summed E-state index contributed by atoms with van der Waals surface area (Å²) in [6, 6.07) is 6.13. The van der Waals surface area contributed by atoms with Gasteiger partial charge in [-0.2, -0.15) is 5.10 Å². The van der Waals surface area contributed by atoms with Crippen molar-refractivity contribution in [2.75, 3.05) is 18.6 Å². The number of rotatable bonds is 7. The summed E-state index contributed by atoms with van der Waals surface area (Å²) in [6.45, 7) is 2.31. The first-order valence-corrected chi connectivity index (χ1v) is 8.06. The Balaban J connectivity index is 1.94. The number of benzene rings is 1. The van der Waals surface area contributed by atoms with Crippen molar-refractivity contribution < 1.29 is 14.5 Å². The third-order valence-electron chi connectivity index (χ3n) is 3.78. The van der Waals surface area contributed by atoms with Crippen LogP contribution in [0.5, 0.6) is 0 Å². The number of hydrazone groups is 1. The van der Waals surface area contributed by atoms with Crippen LogP contribution in [0.15, 0.2) is 29.4 Å². The van der Waals surface area contributed by atoms with Gasteiger partial charge in [0.15, 0.2) is 0 Å². The fourth-order valence-electron chi connectivity index (χ4n) is 2.56. The molecule has 0 aliphatic heterocycles. The minimum absolute atomic E-state index is 0.0358. The van der Waals surface area contributed by atoms with Crippen molar-refractivity contribution in [1.82, 2.24) is 5.32 Å². The Morgan fingerprint density at radius 3 is 2.79 bits per heavy atom. The van der Waals surface area contributed by atoms with Crippen molar-refractivity contribution in [3.05, 3.63) is 34.4 Å². The predicted molar refractivity (Wildman–Crippen MR) is 91.0 cm³/mol. The largest absolute Gasteiger partial charge is 0.465 e. The monoisotopic (exact) mass is 334 g/mol. The molecule has 24 heavy (non-hydrogen) atoms. The van der Waals surface area contributed by atoms with Crippen LogP contribution in [0.25, 0.3) is 0 Å². The van der Waals surface area contributed by atoms with E-state index in [9.17, 15) is 14.9 Å². The first-order valence-electron chi connectivity index (χ1n) is 8.06. The predicted octanol–water partition coefficient (Wildman–Crippen LogP) is 2.46. The lowest BCUT2D eigenvalue weighted by Crippen LogP contribution is -2.42. The molecule has 8 nitrogen and oxygen atoms in total. The second-order valence-corrected chi connectivity index (χ2v) is 5.50. The van der Waals surface area contributed by atoms with Gasteiger partial charge in [-0.3, -0.25) is 25.7 Å². The highest BCUT2D eigenvalue weighted by molar-refractivity contribution is 5.91. The highest BCUT2D eigenvalue weighted by Gasteiger charge is 2.21. The number of carbonyl (C=O) groups excluding carboxylic acids is 1. The van der Waals surface area contributed by atoms with Gasteiger partial charge >= 0.3 is 5.97 Å². The van der Waals surface area contributed by atoms with Crippen molar-refractivity contribution in [3.8, 4) is 0 Å². The Hall–Kier alpha value is -2.48. The average Bonchev–Trinajstić information content (AvgIpc) is 2.59. The number of anilines is 1. The molecule has 8 heteroatoms. The van der Waals surface area contributed by atoms with Gasteiger partial charge < -0.3 is 4.74 Å². The number of nitrogens with zero attached hydrogens (tertiary/aromatic N) is 2. The van der Waals surface area contributed by atoms with E-state index in [1.807, 2.05) is 0 Å². The van der Waals surface area contributed by atoms with Gasteiger partial charge in [-0.05, 0) is 38.3 Å². The molecule has 0 amide bonds. The van der Waals surface area contributed by atoms with Crippen molar-refractivity contribution in [2.24, 2.45) is 5.10 Å². The maximum absolute atomic E-state index is 11.5. The Morgan fingerprint density at radius 2 is 2.12 bits per heavy atom. The fraction of sp³-hybridized carbons (Fsp3) is 0.500. The van der Waals surface area contributed by atoms with Crippen LogP contribution >= 0.6 is 0 Å². The summed E-state index contributed by atoms with van der Waals surface area (Å²) in [4.78, 5) is 21.7. The average molecular weight is 334 g/mol. The summed E-state index contributed by atoms with van der Waals surface area (Å²) in [5, 5.41) is 18.2. The minimum Gasteiger partial charge on any atom is -0.465 e. The molecule has 1 saturated carbocycles. The van der Waals surface area contributed by atoms with E-state index >= 15 is 0 Å². The lowest BCUT2D eigenvalue weighted by molar-refractivity contribution is -0.384. The zero-order valence-corrected chi connectivity index (χ0v) is 13.7. The van der Waals surface area contributed by atoms with Crippen LogP contribution in [0.1, 0.15) is 32.6 Å². The molecule has 0 aromatic heterocycles. The van der Waals surface area contributed by atoms with E-state index in [-0.39, 0.29) is 24.2 Å². The summed E-state index contributed by atoms with van der Waals surface area (Å²) in [7, 11) is 0. The molecule has 0 heterocycles. The van der Waals surface area contributed by atoms with Gasteiger partial charge in [-0.15, -0.1) is 0 Å². The molecule has 1 aromatic rings. The fourth-order valence-corrected chi connectivity index (χ4v) is 2.56. The number of ether oxygens (including phenoxy) is 1. The summed E-state index contributed by atoms with van der Waals surface area (Å²) < 4.78 is 4.92. The van der Waals surface area contributed by atoms with E-state index in [4.69, 9.17) is 4.74 Å². The third-order valence-corrected chi connectivity index (χ3v) is 3.78. The molecular weight excluding hydrogens is 312 g/mol. The van der Waals surface area contributed by atoms with Crippen LogP contribution in [0.3, 0.4) is 0 Å². The Bertz CT molecular complexity index is 601. The number of hydrogen-bond donors (Lipinski definition) is 2. The number of carbonyl (C=O) groups is 1. The molecule has 2 rings (SSSR count). The van der Waals surface area contributed by atoms with Crippen molar-refractivity contribution in [1.29, 1.82) is 0 Å². The maximum atomic E-state index is 11.5. The van der Waals surface area contributed by atoms with Crippen LogP contribution in [-0.2, 0) is 9.53 Å². The molecule has 1 fully saturated rings. The van der Waals surface area contributed by atoms with Gasteiger partial charge in [-0.25, -0.2) is 0 Å². The van der Waals surface area contributed by atoms with E-state index in [0.717, 1.165) is 31.4 Å². The third kappa shape index (κ3) is 5.31. The molecule has 1 aliphatic carbocycles. The molecule has 0 radical (unpaired) electrons. The smallest absolute Gasteiger partial charge is 0.319 e. The van der Waals surface area contributed by atoms with Gasteiger partial charge in [0.25, 0.3) is 5.69 Å². The van der Waals surface area contributed by atoms with E-state index < -0.39 is 4.92 Å². The molecule has 0 saturated heterocycles. The summed E-state index contributed by atoms with van der Waals surface area (Å²) >= 11 is 0. The first kappa shape index (κ1) is 17.9. The molecular formula is C16H22N4O4. The van der Waals surface area contributed by atoms with Gasteiger partial charge in [0.2, 0.25) is 0 Å². The highest BCUT2D eigenvalue weighted by atomic mass is 16.6. The van der Waals surface area contributed by atoms with E-state index in [1.165, 1.54) is 12.1 Å². The van der Waals surface area contributed by atoms with Crippen LogP contribution in [0.2, 0.25) is 0 Å². The zero-order chi connectivity index (χ0) is 17.4. The first-order chi connectivity index (χ1) is 11.6. The minimum atomic E-state index is -0.438. The lowest BCUT2D eigenvalue weighted by atomic mass is 9.93. The van der Waals surface area contributed by atoms with Gasteiger partial charge in [0.1, 0.15) is 0 Å². The molecule has 1 aromatic carbocycles.